The fourth-order valence-corrected chi connectivity index (χ4v) is 2.66. The van der Waals surface area contributed by atoms with Gasteiger partial charge >= 0.3 is 0 Å². The Labute approximate surface area is 141 Å². The molecule has 0 spiro atoms. The average Bonchev–Trinajstić information content (AvgIpc) is 2.53. The standard InChI is InChI=1S/C19H32O4/c1-7-8-9-10-11-14-19(2,3)23-16-13-12-15(20-4)17(21-5)18(16)22-6/h12-13H,7-11,14H2,1-6H3. The van der Waals surface area contributed by atoms with Gasteiger partial charge in [0.1, 0.15) is 5.60 Å². The average molecular weight is 324 g/mol. The third-order valence-electron chi connectivity index (χ3n) is 3.94. The maximum atomic E-state index is 6.21. The number of unbranched alkanes of at least 4 members (excludes halogenated alkanes) is 4. The molecule has 4 heteroatoms. The first-order chi connectivity index (χ1) is 11.0. The first-order valence-electron chi connectivity index (χ1n) is 8.47. The Morgan fingerprint density at radius 1 is 0.783 bits per heavy atom. The molecule has 0 saturated carbocycles. The van der Waals surface area contributed by atoms with Crippen LogP contribution in [0.15, 0.2) is 12.1 Å². The Morgan fingerprint density at radius 3 is 1.91 bits per heavy atom. The van der Waals surface area contributed by atoms with Crippen molar-refractivity contribution in [2.45, 2.75) is 64.9 Å². The molecule has 0 heterocycles. The zero-order chi connectivity index (χ0) is 17.3. The minimum atomic E-state index is -0.251. The molecule has 0 bridgehead atoms. The zero-order valence-electron chi connectivity index (χ0n) is 15.5. The minimum absolute atomic E-state index is 0.251. The number of ether oxygens (including phenoxy) is 4. The first kappa shape index (κ1) is 19.5. The van der Waals surface area contributed by atoms with Crippen molar-refractivity contribution in [3.8, 4) is 23.0 Å². The van der Waals surface area contributed by atoms with E-state index >= 15 is 0 Å². The van der Waals surface area contributed by atoms with Crippen molar-refractivity contribution in [1.82, 2.24) is 0 Å². The van der Waals surface area contributed by atoms with E-state index in [1.54, 1.807) is 21.3 Å². The van der Waals surface area contributed by atoms with Gasteiger partial charge in [-0.05, 0) is 38.8 Å². The Hall–Kier alpha value is -1.58. The SMILES string of the molecule is CCCCCCCC(C)(C)Oc1ccc(OC)c(OC)c1OC. The van der Waals surface area contributed by atoms with Crippen LogP contribution in [0.3, 0.4) is 0 Å². The van der Waals surface area contributed by atoms with Crippen LogP contribution in [0, 0.1) is 0 Å². The second-order valence-electron chi connectivity index (χ2n) is 6.36. The lowest BCUT2D eigenvalue weighted by molar-refractivity contribution is 0.0912. The molecule has 1 aromatic carbocycles. The molecule has 23 heavy (non-hydrogen) atoms. The van der Waals surface area contributed by atoms with Crippen LogP contribution < -0.4 is 18.9 Å². The monoisotopic (exact) mass is 324 g/mol. The number of methoxy groups -OCH3 is 3. The van der Waals surface area contributed by atoms with Crippen LogP contribution in [-0.2, 0) is 0 Å². The van der Waals surface area contributed by atoms with Crippen molar-refractivity contribution >= 4 is 0 Å². The Balaban J connectivity index is 2.78. The molecule has 0 N–H and O–H groups in total. The van der Waals surface area contributed by atoms with E-state index < -0.39 is 0 Å². The summed E-state index contributed by atoms with van der Waals surface area (Å²) in [6, 6.07) is 3.72. The second kappa shape index (κ2) is 9.53. The summed E-state index contributed by atoms with van der Waals surface area (Å²) in [5.41, 5.74) is -0.251. The van der Waals surface area contributed by atoms with E-state index in [9.17, 15) is 0 Å². The van der Waals surface area contributed by atoms with E-state index in [2.05, 4.69) is 20.8 Å². The summed E-state index contributed by atoms with van der Waals surface area (Å²) in [5.74, 6) is 2.45. The summed E-state index contributed by atoms with van der Waals surface area (Å²) >= 11 is 0. The number of benzene rings is 1. The molecule has 0 aliphatic carbocycles. The lowest BCUT2D eigenvalue weighted by atomic mass is 9.99. The predicted octanol–water partition coefficient (Wildman–Crippen LogP) is 5.23. The topological polar surface area (TPSA) is 36.9 Å². The normalized spacial score (nSPS) is 11.2. The number of hydrogen-bond donors (Lipinski definition) is 0. The van der Waals surface area contributed by atoms with Crippen LogP contribution in [0.4, 0.5) is 0 Å². The van der Waals surface area contributed by atoms with Crippen molar-refractivity contribution in [3.63, 3.8) is 0 Å². The minimum Gasteiger partial charge on any atom is -0.493 e. The van der Waals surface area contributed by atoms with Gasteiger partial charge in [0, 0.05) is 0 Å². The molecule has 1 aromatic rings. The van der Waals surface area contributed by atoms with Crippen molar-refractivity contribution in [1.29, 1.82) is 0 Å². The van der Waals surface area contributed by atoms with Crippen LogP contribution >= 0.6 is 0 Å². The first-order valence-corrected chi connectivity index (χ1v) is 8.47. The van der Waals surface area contributed by atoms with E-state index in [1.807, 2.05) is 12.1 Å². The largest absolute Gasteiger partial charge is 0.493 e. The molecular formula is C19H32O4. The molecule has 0 atom stereocenters. The van der Waals surface area contributed by atoms with Crippen molar-refractivity contribution in [3.05, 3.63) is 12.1 Å². The molecule has 4 nitrogen and oxygen atoms in total. The highest BCUT2D eigenvalue weighted by molar-refractivity contribution is 5.59. The summed E-state index contributed by atoms with van der Waals surface area (Å²) < 4.78 is 22.4. The predicted molar refractivity (Wildman–Crippen MR) is 94.2 cm³/mol. The fraction of sp³-hybridized carbons (Fsp3) is 0.684. The highest BCUT2D eigenvalue weighted by Crippen LogP contribution is 2.45. The van der Waals surface area contributed by atoms with Gasteiger partial charge in [0.25, 0.3) is 0 Å². The lowest BCUT2D eigenvalue weighted by Crippen LogP contribution is -2.28. The third-order valence-corrected chi connectivity index (χ3v) is 3.94. The van der Waals surface area contributed by atoms with Crippen LogP contribution in [-0.4, -0.2) is 26.9 Å². The Bertz CT molecular complexity index is 469. The molecule has 0 aromatic heterocycles. The summed E-state index contributed by atoms with van der Waals surface area (Å²) in [7, 11) is 4.82. The number of rotatable bonds is 11. The molecule has 0 fully saturated rings. The van der Waals surface area contributed by atoms with Crippen LogP contribution in [0.5, 0.6) is 23.0 Å². The molecule has 0 amide bonds. The van der Waals surface area contributed by atoms with Crippen LogP contribution in [0.2, 0.25) is 0 Å². The van der Waals surface area contributed by atoms with Crippen molar-refractivity contribution in [2.24, 2.45) is 0 Å². The van der Waals surface area contributed by atoms with E-state index in [0.29, 0.717) is 23.0 Å². The van der Waals surface area contributed by atoms with Gasteiger partial charge < -0.3 is 18.9 Å². The Kier molecular flexibility index (Phi) is 8.07. The van der Waals surface area contributed by atoms with E-state index in [1.165, 1.54) is 32.1 Å². The fourth-order valence-electron chi connectivity index (χ4n) is 2.66. The number of hydrogen-bond acceptors (Lipinski definition) is 4. The maximum absolute atomic E-state index is 6.21. The molecule has 0 radical (unpaired) electrons. The van der Waals surface area contributed by atoms with Gasteiger partial charge in [-0.3, -0.25) is 0 Å². The van der Waals surface area contributed by atoms with Gasteiger partial charge in [0.05, 0.1) is 21.3 Å². The summed E-state index contributed by atoms with van der Waals surface area (Å²) in [4.78, 5) is 0. The van der Waals surface area contributed by atoms with Gasteiger partial charge in [-0.2, -0.15) is 0 Å². The summed E-state index contributed by atoms with van der Waals surface area (Å²) in [6.07, 6.45) is 7.31. The molecule has 1 rings (SSSR count). The van der Waals surface area contributed by atoms with Crippen LogP contribution in [0.1, 0.15) is 59.3 Å². The van der Waals surface area contributed by atoms with Gasteiger partial charge in [-0.1, -0.05) is 32.6 Å². The molecular weight excluding hydrogens is 292 g/mol. The summed E-state index contributed by atoms with van der Waals surface area (Å²) in [6.45, 7) is 6.46. The third kappa shape index (κ3) is 5.85. The molecule has 0 saturated heterocycles. The maximum Gasteiger partial charge on any atom is 0.207 e. The second-order valence-corrected chi connectivity index (χ2v) is 6.36. The van der Waals surface area contributed by atoms with Gasteiger partial charge in [-0.15, -0.1) is 0 Å². The van der Waals surface area contributed by atoms with Crippen LogP contribution in [0.25, 0.3) is 0 Å². The molecule has 0 aliphatic rings. The lowest BCUT2D eigenvalue weighted by Gasteiger charge is -2.28. The molecule has 132 valence electrons. The van der Waals surface area contributed by atoms with Crippen molar-refractivity contribution < 1.29 is 18.9 Å². The van der Waals surface area contributed by atoms with Crippen molar-refractivity contribution in [2.75, 3.05) is 21.3 Å². The quantitative estimate of drug-likeness (QED) is 0.522. The highest BCUT2D eigenvalue weighted by atomic mass is 16.6. The van der Waals surface area contributed by atoms with E-state index in [-0.39, 0.29) is 5.60 Å². The highest BCUT2D eigenvalue weighted by Gasteiger charge is 2.24. The Morgan fingerprint density at radius 2 is 1.35 bits per heavy atom. The molecule has 0 aliphatic heterocycles. The molecule has 0 unspecified atom stereocenters. The smallest absolute Gasteiger partial charge is 0.207 e. The van der Waals surface area contributed by atoms with Gasteiger partial charge in [0.2, 0.25) is 11.5 Å². The van der Waals surface area contributed by atoms with E-state index in [4.69, 9.17) is 18.9 Å². The zero-order valence-corrected chi connectivity index (χ0v) is 15.5. The summed E-state index contributed by atoms with van der Waals surface area (Å²) in [5, 5.41) is 0. The van der Waals surface area contributed by atoms with Gasteiger partial charge in [0.15, 0.2) is 11.5 Å². The van der Waals surface area contributed by atoms with E-state index in [0.717, 1.165) is 6.42 Å². The van der Waals surface area contributed by atoms with Gasteiger partial charge in [-0.25, -0.2) is 0 Å².